The van der Waals surface area contributed by atoms with E-state index in [1.807, 2.05) is 36.7 Å². The van der Waals surface area contributed by atoms with E-state index >= 15 is 0 Å². The molecule has 0 aliphatic heterocycles. The summed E-state index contributed by atoms with van der Waals surface area (Å²) in [6.07, 6.45) is 0. The molecule has 3 rings (SSSR count). The number of halogens is 1. The molecule has 0 spiro atoms. The Morgan fingerprint density at radius 1 is 1.17 bits per heavy atom. The van der Waals surface area contributed by atoms with Gasteiger partial charge in [-0.3, -0.25) is 0 Å². The Hall–Kier alpha value is -2.25. The first kappa shape index (κ1) is 15.6. The maximum absolute atomic E-state index is 12.9. The predicted octanol–water partition coefficient (Wildman–Crippen LogP) is 2.50. The van der Waals surface area contributed by atoms with Crippen LogP contribution in [0.15, 0.2) is 47.4 Å². The van der Waals surface area contributed by atoms with E-state index in [4.69, 9.17) is 0 Å². The first-order valence-corrected chi connectivity index (χ1v) is 8.52. The third kappa shape index (κ3) is 3.11. The van der Waals surface area contributed by atoms with Gasteiger partial charge in [0.25, 0.3) is 0 Å². The molecule has 0 saturated carbocycles. The van der Waals surface area contributed by atoms with Gasteiger partial charge in [0, 0.05) is 13.6 Å². The number of benzene rings is 2. The summed E-state index contributed by atoms with van der Waals surface area (Å²) in [6, 6.07) is 10.4. The number of sulfonamides is 1. The van der Waals surface area contributed by atoms with E-state index in [0.29, 0.717) is 0 Å². The minimum atomic E-state index is -3.67. The molecule has 0 aliphatic rings. The highest BCUT2D eigenvalue weighted by atomic mass is 32.2. The molecule has 0 unspecified atom stereocenters. The van der Waals surface area contributed by atoms with Gasteiger partial charge in [-0.25, -0.2) is 22.5 Å². The lowest BCUT2D eigenvalue weighted by Crippen LogP contribution is -2.23. The van der Waals surface area contributed by atoms with Crippen LogP contribution in [0.1, 0.15) is 11.4 Å². The van der Waals surface area contributed by atoms with Gasteiger partial charge in [-0.1, -0.05) is 6.07 Å². The molecule has 1 N–H and O–H groups in total. The first-order chi connectivity index (χ1) is 10.9. The average Bonchev–Trinajstić information content (AvgIpc) is 2.80. The summed E-state index contributed by atoms with van der Waals surface area (Å²) in [4.78, 5) is 4.47. The molecule has 0 atom stereocenters. The minimum Gasteiger partial charge on any atom is -0.331 e. The van der Waals surface area contributed by atoms with Crippen molar-refractivity contribution in [2.75, 3.05) is 0 Å². The van der Waals surface area contributed by atoms with Crippen LogP contribution in [-0.4, -0.2) is 18.0 Å². The van der Waals surface area contributed by atoms with E-state index in [9.17, 15) is 12.8 Å². The maximum Gasteiger partial charge on any atom is 0.240 e. The Labute approximate surface area is 133 Å². The van der Waals surface area contributed by atoms with E-state index < -0.39 is 15.8 Å². The van der Waals surface area contributed by atoms with Gasteiger partial charge in [0.2, 0.25) is 10.0 Å². The largest absolute Gasteiger partial charge is 0.331 e. The molecule has 0 bridgehead atoms. The van der Waals surface area contributed by atoms with Gasteiger partial charge in [-0.2, -0.15) is 0 Å². The molecule has 0 aliphatic carbocycles. The van der Waals surface area contributed by atoms with E-state index in [-0.39, 0.29) is 11.4 Å². The normalized spacial score (nSPS) is 12.0. The monoisotopic (exact) mass is 333 g/mol. The molecule has 0 amide bonds. The van der Waals surface area contributed by atoms with Crippen molar-refractivity contribution in [3.05, 3.63) is 59.7 Å². The second-order valence-electron chi connectivity index (χ2n) is 5.32. The zero-order valence-corrected chi connectivity index (χ0v) is 13.6. The van der Waals surface area contributed by atoms with Crippen molar-refractivity contribution in [2.45, 2.75) is 18.4 Å². The van der Waals surface area contributed by atoms with Crippen molar-refractivity contribution in [3.8, 4) is 0 Å². The van der Waals surface area contributed by atoms with E-state index in [0.717, 1.165) is 34.6 Å². The number of nitrogens with one attached hydrogen (secondary N) is 1. The molecule has 120 valence electrons. The van der Waals surface area contributed by atoms with Crippen LogP contribution < -0.4 is 4.72 Å². The fourth-order valence-corrected chi connectivity index (χ4v) is 3.37. The SMILES string of the molecule is Cc1nc2cc(CNS(=O)(=O)c3ccc(F)cc3)ccc2n1C. The van der Waals surface area contributed by atoms with E-state index in [2.05, 4.69) is 9.71 Å². The fraction of sp³-hybridized carbons (Fsp3) is 0.188. The summed E-state index contributed by atoms with van der Waals surface area (Å²) in [5, 5.41) is 0. The third-order valence-electron chi connectivity index (χ3n) is 3.76. The lowest BCUT2D eigenvalue weighted by Gasteiger charge is -2.07. The van der Waals surface area contributed by atoms with Crippen LogP contribution in [0, 0.1) is 12.7 Å². The Bertz CT molecular complexity index is 963. The van der Waals surface area contributed by atoms with Crippen molar-refractivity contribution in [1.82, 2.24) is 14.3 Å². The van der Waals surface area contributed by atoms with Gasteiger partial charge in [-0.05, 0) is 48.9 Å². The molecule has 0 radical (unpaired) electrons. The predicted molar refractivity (Wildman–Crippen MR) is 85.9 cm³/mol. The second kappa shape index (κ2) is 5.75. The van der Waals surface area contributed by atoms with Crippen LogP contribution in [0.4, 0.5) is 4.39 Å². The summed E-state index contributed by atoms with van der Waals surface area (Å²) in [6.45, 7) is 2.06. The number of hydrogen-bond donors (Lipinski definition) is 1. The molecule has 0 fully saturated rings. The molecule has 3 aromatic rings. The van der Waals surface area contributed by atoms with Gasteiger partial charge < -0.3 is 4.57 Å². The van der Waals surface area contributed by atoms with Gasteiger partial charge in [0.1, 0.15) is 11.6 Å². The zero-order valence-electron chi connectivity index (χ0n) is 12.7. The van der Waals surface area contributed by atoms with Crippen LogP contribution >= 0.6 is 0 Å². The number of aromatic nitrogens is 2. The van der Waals surface area contributed by atoms with Gasteiger partial charge >= 0.3 is 0 Å². The van der Waals surface area contributed by atoms with Gasteiger partial charge in [0.15, 0.2) is 0 Å². The molecular formula is C16H16FN3O2S. The number of rotatable bonds is 4. The van der Waals surface area contributed by atoms with Crippen LogP contribution in [0.25, 0.3) is 11.0 Å². The quantitative estimate of drug-likeness (QED) is 0.798. The lowest BCUT2D eigenvalue weighted by molar-refractivity contribution is 0.580. The Morgan fingerprint density at radius 2 is 1.87 bits per heavy atom. The second-order valence-corrected chi connectivity index (χ2v) is 7.09. The van der Waals surface area contributed by atoms with Crippen molar-refractivity contribution in [2.24, 2.45) is 7.05 Å². The zero-order chi connectivity index (χ0) is 16.6. The van der Waals surface area contributed by atoms with E-state index in [1.54, 1.807) is 0 Å². The standard InChI is InChI=1S/C16H16FN3O2S/c1-11-19-15-9-12(3-8-16(15)20(11)2)10-18-23(21,22)14-6-4-13(17)5-7-14/h3-9,18H,10H2,1-2H3. The highest BCUT2D eigenvalue weighted by Gasteiger charge is 2.14. The van der Waals surface area contributed by atoms with Crippen LogP contribution in [0.5, 0.6) is 0 Å². The average molecular weight is 333 g/mol. The van der Waals surface area contributed by atoms with Crippen LogP contribution in [0.3, 0.4) is 0 Å². The van der Waals surface area contributed by atoms with Crippen molar-refractivity contribution < 1.29 is 12.8 Å². The summed E-state index contributed by atoms with van der Waals surface area (Å²) in [5.74, 6) is 0.420. The first-order valence-electron chi connectivity index (χ1n) is 7.04. The molecule has 0 saturated heterocycles. The summed E-state index contributed by atoms with van der Waals surface area (Å²) >= 11 is 0. The van der Waals surface area contributed by atoms with Crippen LogP contribution in [-0.2, 0) is 23.6 Å². The molecule has 2 aromatic carbocycles. The van der Waals surface area contributed by atoms with Gasteiger partial charge in [-0.15, -0.1) is 0 Å². The maximum atomic E-state index is 12.9. The number of fused-ring (bicyclic) bond motifs is 1. The van der Waals surface area contributed by atoms with E-state index in [1.165, 1.54) is 12.1 Å². The number of hydrogen-bond acceptors (Lipinski definition) is 3. The topological polar surface area (TPSA) is 64.0 Å². The Morgan fingerprint density at radius 3 is 2.57 bits per heavy atom. The van der Waals surface area contributed by atoms with Crippen LogP contribution in [0.2, 0.25) is 0 Å². The molecular weight excluding hydrogens is 317 g/mol. The molecule has 7 heteroatoms. The van der Waals surface area contributed by atoms with Crippen molar-refractivity contribution in [1.29, 1.82) is 0 Å². The smallest absolute Gasteiger partial charge is 0.240 e. The fourth-order valence-electron chi connectivity index (χ4n) is 2.35. The number of aryl methyl sites for hydroxylation is 2. The van der Waals surface area contributed by atoms with Crippen molar-refractivity contribution >= 4 is 21.1 Å². The third-order valence-corrected chi connectivity index (χ3v) is 5.18. The molecule has 23 heavy (non-hydrogen) atoms. The summed E-state index contributed by atoms with van der Waals surface area (Å²) in [5.41, 5.74) is 2.62. The number of nitrogens with zero attached hydrogens (tertiary/aromatic N) is 2. The Kier molecular flexibility index (Phi) is 3.91. The summed E-state index contributed by atoms with van der Waals surface area (Å²) < 4.78 is 41.7. The molecule has 1 aromatic heterocycles. The Balaban J connectivity index is 1.81. The lowest BCUT2D eigenvalue weighted by atomic mass is 10.2. The van der Waals surface area contributed by atoms with Gasteiger partial charge in [0.05, 0.1) is 15.9 Å². The minimum absolute atomic E-state index is 0.0358. The highest BCUT2D eigenvalue weighted by Crippen LogP contribution is 2.17. The molecule has 1 heterocycles. The van der Waals surface area contributed by atoms with Crippen molar-refractivity contribution in [3.63, 3.8) is 0 Å². The number of imidazole rings is 1. The highest BCUT2D eigenvalue weighted by molar-refractivity contribution is 7.89. The summed E-state index contributed by atoms with van der Waals surface area (Å²) in [7, 11) is -1.74. The molecule has 5 nitrogen and oxygen atoms in total.